The molecule has 1 aromatic heterocycles. The van der Waals surface area contributed by atoms with Crippen molar-refractivity contribution in [1.82, 2.24) is 19.8 Å². The lowest BCUT2D eigenvalue weighted by Crippen LogP contribution is -2.47. The Morgan fingerprint density at radius 1 is 0.906 bits per heavy atom. The Kier molecular flexibility index (Phi) is 9.95. The fourth-order valence-corrected chi connectivity index (χ4v) is 4.19. The van der Waals surface area contributed by atoms with Crippen molar-refractivity contribution in [2.75, 3.05) is 76.3 Å². The van der Waals surface area contributed by atoms with E-state index in [1.807, 2.05) is 6.92 Å². The number of carbonyl (C=O) groups is 1. The normalized spacial score (nSPS) is 17.2. The minimum absolute atomic E-state index is 0.0508. The summed E-state index contributed by atoms with van der Waals surface area (Å²) >= 11 is 0. The molecule has 1 saturated heterocycles. The van der Waals surface area contributed by atoms with Gasteiger partial charge in [-0.1, -0.05) is 19.8 Å². The first-order valence-electron chi connectivity index (χ1n) is 12.2. The van der Waals surface area contributed by atoms with Gasteiger partial charge in [-0.15, -0.1) is 0 Å². The number of amides is 1. The molecule has 9 heteroatoms. The zero-order valence-corrected chi connectivity index (χ0v) is 19.9. The highest BCUT2D eigenvalue weighted by molar-refractivity contribution is 6.01. The third-order valence-corrected chi connectivity index (χ3v) is 6.19. The first kappa shape index (κ1) is 24.7. The standard InChI is InChI=1S/C23H40N6O3/c1-3-5-16-32-23-25-21(24)19-18-20(30)29(22(19)26-23)10-8-6-7-9-27-11-13-28(14-12-27)15-17-31-4-2/h3-18H2,1-2H3,(H2,24,25,26). The van der Waals surface area contributed by atoms with Crippen LogP contribution in [0.15, 0.2) is 0 Å². The van der Waals surface area contributed by atoms with Gasteiger partial charge in [0.05, 0.1) is 19.6 Å². The number of piperazine rings is 1. The molecule has 32 heavy (non-hydrogen) atoms. The van der Waals surface area contributed by atoms with Crippen molar-refractivity contribution in [3.05, 3.63) is 5.56 Å². The van der Waals surface area contributed by atoms with Gasteiger partial charge in [-0.05, 0) is 32.7 Å². The number of unbranched alkanes of at least 4 members (excludes halogenated alkanes) is 3. The van der Waals surface area contributed by atoms with Gasteiger partial charge in [-0.3, -0.25) is 14.6 Å². The van der Waals surface area contributed by atoms with Gasteiger partial charge >= 0.3 is 6.01 Å². The number of anilines is 2. The molecule has 180 valence electrons. The van der Waals surface area contributed by atoms with Crippen LogP contribution in [0.2, 0.25) is 0 Å². The van der Waals surface area contributed by atoms with E-state index in [0.717, 1.165) is 90.1 Å². The summed E-state index contributed by atoms with van der Waals surface area (Å²) in [5, 5.41) is 0. The SMILES string of the molecule is CCCCOc1nc(N)c2c(n1)N(CCCCCN1CCN(CCOCC)CC1)C(=O)C2. The average Bonchev–Trinajstić information content (AvgIpc) is 3.11. The number of hydrogen-bond acceptors (Lipinski definition) is 8. The summed E-state index contributed by atoms with van der Waals surface area (Å²) in [6.07, 6.45) is 5.44. The highest BCUT2D eigenvalue weighted by atomic mass is 16.5. The molecule has 1 aromatic rings. The predicted octanol–water partition coefficient (Wildman–Crippen LogP) is 1.95. The van der Waals surface area contributed by atoms with Gasteiger partial charge in [0.15, 0.2) is 0 Å². The number of nitrogen functional groups attached to an aromatic ring is 1. The smallest absolute Gasteiger partial charge is 0.320 e. The van der Waals surface area contributed by atoms with E-state index in [2.05, 4.69) is 26.7 Å². The van der Waals surface area contributed by atoms with Crippen molar-refractivity contribution >= 4 is 17.5 Å². The minimum Gasteiger partial charge on any atom is -0.463 e. The molecule has 3 heterocycles. The Hall–Kier alpha value is -1.97. The van der Waals surface area contributed by atoms with Crippen LogP contribution in [0.5, 0.6) is 6.01 Å². The molecule has 9 nitrogen and oxygen atoms in total. The van der Waals surface area contributed by atoms with E-state index in [1.54, 1.807) is 4.90 Å². The summed E-state index contributed by atoms with van der Waals surface area (Å²) in [6, 6.07) is 0.273. The Morgan fingerprint density at radius 3 is 2.34 bits per heavy atom. The van der Waals surface area contributed by atoms with Crippen molar-refractivity contribution in [1.29, 1.82) is 0 Å². The van der Waals surface area contributed by atoms with Crippen molar-refractivity contribution < 1.29 is 14.3 Å². The molecule has 0 aliphatic carbocycles. The van der Waals surface area contributed by atoms with E-state index in [9.17, 15) is 4.79 Å². The van der Waals surface area contributed by atoms with E-state index in [0.29, 0.717) is 24.8 Å². The molecule has 2 aliphatic heterocycles. The molecule has 0 unspecified atom stereocenters. The number of nitrogens with two attached hydrogens (primary N) is 1. The topological polar surface area (TPSA) is 97.0 Å². The van der Waals surface area contributed by atoms with Gasteiger partial charge in [-0.25, -0.2) is 0 Å². The van der Waals surface area contributed by atoms with Crippen LogP contribution in [0, 0.1) is 0 Å². The summed E-state index contributed by atoms with van der Waals surface area (Å²) in [7, 11) is 0. The minimum atomic E-state index is 0.0508. The van der Waals surface area contributed by atoms with Crippen LogP contribution in [0.25, 0.3) is 0 Å². The second-order valence-corrected chi connectivity index (χ2v) is 8.56. The number of rotatable bonds is 14. The molecular formula is C23H40N6O3. The number of ether oxygens (including phenoxy) is 2. The molecule has 0 saturated carbocycles. The van der Waals surface area contributed by atoms with Crippen molar-refractivity contribution in [3.8, 4) is 6.01 Å². The lowest BCUT2D eigenvalue weighted by atomic mass is 10.2. The molecule has 0 radical (unpaired) electrons. The van der Waals surface area contributed by atoms with Gasteiger partial charge in [0.1, 0.15) is 11.6 Å². The maximum absolute atomic E-state index is 12.5. The van der Waals surface area contributed by atoms with Gasteiger partial charge in [-0.2, -0.15) is 9.97 Å². The van der Waals surface area contributed by atoms with Crippen molar-refractivity contribution in [2.45, 2.75) is 52.4 Å². The van der Waals surface area contributed by atoms with Crippen molar-refractivity contribution in [2.24, 2.45) is 0 Å². The van der Waals surface area contributed by atoms with Gasteiger partial charge in [0, 0.05) is 51.4 Å². The third kappa shape index (κ3) is 7.02. The fraction of sp³-hybridized carbons (Fsp3) is 0.783. The molecule has 0 bridgehead atoms. The summed E-state index contributed by atoms with van der Waals surface area (Å²) in [4.78, 5) is 28.0. The number of nitrogens with zero attached hydrogens (tertiary/aromatic N) is 5. The van der Waals surface area contributed by atoms with Gasteiger partial charge in [0.2, 0.25) is 5.91 Å². The second-order valence-electron chi connectivity index (χ2n) is 8.56. The highest BCUT2D eigenvalue weighted by Crippen LogP contribution is 2.32. The molecule has 2 N–H and O–H groups in total. The van der Waals surface area contributed by atoms with E-state index in [4.69, 9.17) is 15.2 Å². The molecule has 1 fully saturated rings. The van der Waals surface area contributed by atoms with E-state index in [1.165, 1.54) is 0 Å². The Morgan fingerprint density at radius 2 is 1.62 bits per heavy atom. The van der Waals surface area contributed by atoms with Crippen LogP contribution < -0.4 is 15.4 Å². The number of hydrogen-bond donors (Lipinski definition) is 1. The van der Waals surface area contributed by atoms with Crippen LogP contribution in [0.1, 0.15) is 51.5 Å². The largest absolute Gasteiger partial charge is 0.463 e. The molecule has 0 atom stereocenters. The second kappa shape index (κ2) is 12.9. The van der Waals surface area contributed by atoms with E-state index < -0.39 is 0 Å². The molecule has 1 amide bonds. The van der Waals surface area contributed by atoms with E-state index in [-0.39, 0.29) is 18.3 Å². The first-order valence-corrected chi connectivity index (χ1v) is 12.2. The highest BCUT2D eigenvalue weighted by Gasteiger charge is 2.31. The van der Waals surface area contributed by atoms with Crippen LogP contribution in [0.4, 0.5) is 11.6 Å². The van der Waals surface area contributed by atoms with Crippen LogP contribution in [-0.4, -0.2) is 91.3 Å². The summed E-state index contributed by atoms with van der Waals surface area (Å²) < 4.78 is 11.1. The molecule has 3 rings (SSSR count). The monoisotopic (exact) mass is 448 g/mol. The summed E-state index contributed by atoms with van der Waals surface area (Å²) in [6.45, 7) is 13.6. The fourth-order valence-electron chi connectivity index (χ4n) is 4.19. The molecular weight excluding hydrogens is 408 g/mol. The average molecular weight is 449 g/mol. The van der Waals surface area contributed by atoms with Crippen LogP contribution >= 0.6 is 0 Å². The zero-order chi connectivity index (χ0) is 22.8. The van der Waals surface area contributed by atoms with Gasteiger partial charge < -0.3 is 20.1 Å². The Labute approximate surface area is 192 Å². The maximum Gasteiger partial charge on any atom is 0.320 e. The van der Waals surface area contributed by atoms with Gasteiger partial charge in [0.25, 0.3) is 0 Å². The van der Waals surface area contributed by atoms with Crippen molar-refractivity contribution in [3.63, 3.8) is 0 Å². The summed E-state index contributed by atoms with van der Waals surface area (Å²) in [5.74, 6) is 1.05. The Balaban J connectivity index is 1.37. The molecule has 0 spiro atoms. The van der Waals surface area contributed by atoms with Crippen LogP contribution in [-0.2, 0) is 16.0 Å². The maximum atomic E-state index is 12.5. The Bertz CT molecular complexity index is 724. The molecule has 2 aliphatic rings. The van der Waals surface area contributed by atoms with Crippen LogP contribution in [0.3, 0.4) is 0 Å². The predicted molar refractivity (Wildman–Crippen MR) is 126 cm³/mol. The third-order valence-electron chi connectivity index (χ3n) is 6.19. The first-order chi connectivity index (χ1) is 15.6. The number of fused-ring (bicyclic) bond motifs is 1. The van der Waals surface area contributed by atoms with E-state index >= 15 is 0 Å². The summed E-state index contributed by atoms with van der Waals surface area (Å²) in [5.41, 5.74) is 6.81. The zero-order valence-electron chi connectivity index (χ0n) is 19.9. The quantitative estimate of drug-likeness (QED) is 0.432. The lowest BCUT2D eigenvalue weighted by Gasteiger charge is -2.34. The molecule has 0 aromatic carbocycles. The number of aromatic nitrogens is 2. The number of carbonyl (C=O) groups excluding carboxylic acids is 1. The lowest BCUT2D eigenvalue weighted by molar-refractivity contribution is -0.117.